The third kappa shape index (κ3) is 4.05. The van der Waals surface area contributed by atoms with Crippen LogP contribution in [-0.2, 0) is 39.5 Å². The molecule has 0 bridgehead atoms. The van der Waals surface area contributed by atoms with Gasteiger partial charge in [0, 0.05) is 61.5 Å². The molecule has 1 aliphatic heterocycles. The molecule has 0 radical (unpaired) electrons. The molecule has 37 heavy (non-hydrogen) atoms. The molecule has 0 fully saturated rings. The molecule has 3 aromatic heterocycles. The molecular weight excluding hydrogens is 468 g/mol. The fourth-order valence-electron chi connectivity index (χ4n) is 5.61. The molecule has 4 heterocycles. The number of hydrogen-bond acceptors (Lipinski definition) is 6. The Balaban J connectivity index is 1.40. The highest BCUT2D eigenvalue weighted by molar-refractivity contribution is 6.07. The van der Waals surface area contributed by atoms with E-state index in [0.29, 0.717) is 40.4 Å². The maximum atomic E-state index is 13.7. The molecule has 0 atom stereocenters. The molecule has 6 rings (SSSR count). The summed E-state index contributed by atoms with van der Waals surface area (Å²) in [6.07, 6.45) is 9.38. The van der Waals surface area contributed by atoms with E-state index in [0.717, 1.165) is 37.9 Å². The molecule has 4 aromatic rings. The first kappa shape index (κ1) is 23.3. The van der Waals surface area contributed by atoms with E-state index in [4.69, 9.17) is 0 Å². The molecule has 1 aromatic carbocycles. The highest BCUT2D eigenvalue weighted by Crippen LogP contribution is 2.34. The molecule has 2 aliphatic rings. The summed E-state index contributed by atoms with van der Waals surface area (Å²) in [5.74, 6) is -0.0506. The van der Waals surface area contributed by atoms with Gasteiger partial charge in [-0.05, 0) is 49.4 Å². The number of aliphatic hydroxyl groups is 1. The van der Waals surface area contributed by atoms with E-state index in [2.05, 4.69) is 25.6 Å². The summed E-state index contributed by atoms with van der Waals surface area (Å²) in [5.41, 5.74) is 6.67. The first-order chi connectivity index (χ1) is 18.0. The summed E-state index contributed by atoms with van der Waals surface area (Å²) in [5, 5.41) is 10.5. The highest BCUT2D eigenvalue weighted by Gasteiger charge is 2.31. The third-order valence-electron chi connectivity index (χ3n) is 7.43. The quantitative estimate of drug-likeness (QED) is 0.455. The highest BCUT2D eigenvalue weighted by atomic mass is 16.3. The first-order valence-electron chi connectivity index (χ1n) is 12.6. The SMILES string of the molecule is Cn1cc(-c2cccc(N3CCn4c(cc5c4CCCC5)C3=O)c2CO)nc(Cc2ccncn2)c1=O. The van der Waals surface area contributed by atoms with Crippen LogP contribution in [0.2, 0.25) is 0 Å². The fourth-order valence-corrected chi connectivity index (χ4v) is 5.61. The maximum absolute atomic E-state index is 13.7. The van der Waals surface area contributed by atoms with Crippen molar-refractivity contribution < 1.29 is 9.90 Å². The van der Waals surface area contributed by atoms with Gasteiger partial charge in [0.1, 0.15) is 17.7 Å². The number of hydrogen-bond donors (Lipinski definition) is 1. The van der Waals surface area contributed by atoms with Crippen molar-refractivity contribution in [2.24, 2.45) is 7.05 Å². The molecule has 0 unspecified atom stereocenters. The number of aliphatic hydroxyl groups excluding tert-OH is 1. The number of anilines is 1. The topological polar surface area (TPSA) is 106 Å². The number of aromatic nitrogens is 5. The maximum Gasteiger partial charge on any atom is 0.274 e. The lowest BCUT2D eigenvalue weighted by Gasteiger charge is -2.31. The summed E-state index contributed by atoms with van der Waals surface area (Å²) in [7, 11) is 1.68. The zero-order chi connectivity index (χ0) is 25.5. The van der Waals surface area contributed by atoms with Gasteiger partial charge in [-0.25, -0.2) is 15.0 Å². The summed E-state index contributed by atoms with van der Waals surface area (Å²) >= 11 is 0. The Morgan fingerprint density at radius 3 is 2.76 bits per heavy atom. The van der Waals surface area contributed by atoms with Crippen molar-refractivity contribution in [3.63, 3.8) is 0 Å². The number of aryl methyl sites for hydroxylation is 2. The van der Waals surface area contributed by atoms with Gasteiger partial charge in [0.2, 0.25) is 0 Å². The van der Waals surface area contributed by atoms with E-state index in [1.165, 1.54) is 22.2 Å². The van der Waals surface area contributed by atoms with Gasteiger partial charge in [-0.1, -0.05) is 12.1 Å². The zero-order valence-electron chi connectivity index (χ0n) is 20.7. The van der Waals surface area contributed by atoms with E-state index in [-0.39, 0.29) is 24.5 Å². The van der Waals surface area contributed by atoms with Crippen LogP contribution in [0.5, 0.6) is 0 Å². The third-order valence-corrected chi connectivity index (χ3v) is 7.43. The molecule has 188 valence electrons. The summed E-state index contributed by atoms with van der Waals surface area (Å²) in [6.45, 7) is 0.994. The molecule has 9 heteroatoms. The Labute approximate surface area is 214 Å². The zero-order valence-corrected chi connectivity index (χ0v) is 20.7. The van der Waals surface area contributed by atoms with Crippen molar-refractivity contribution >= 4 is 11.6 Å². The van der Waals surface area contributed by atoms with Crippen LogP contribution in [0.4, 0.5) is 5.69 Å². The van der Waals surface area contributed by atoms with Crippen LogP contribution in [0.1, 0.15) is 51.5 Å². The number of benzene rings is 1. The van der Waals surface area contributed by atoms with E-state index in [1.54, 1.807) is 30.4 Å². The van der Waals surface area contributed by atoms with Gasteiger partial charge in [0.15, 0.2) is 0 Å². The Hall–Kier alpha value is -4.11. The minimum absolute atomic E-state index is 0.0506. The molecule has 1 amide bonds. The molecule has 0 saturated heterocycles. The Morgan fingerprint density at radius 1 is 1.08 bits per heavy atom. The minimum Gasteiger partial charge on any atom is -0.392 e. The smallest absolute Gasteiger partial charge is 0.274 e. The fraction of sp³-hybridized carbons (Fsp3) is 0.321. The molecule has 0 saturated carbocycles. The van der Waals surface area contributed by atoms with Gasteiger partial charge < -0.3 is 19.1 Å². The Morgan fingerprint density at radius 2 is 1.95 bits per heavy atom. The van der Waals surface area contributed by atoms with Crippen molar-refractivity contribution in [1.82, 2.24) is 24.1 Å². The standard InChI is InChI=1S/C28H28N6O3/c1-32-15-23(31-22(27(32)36)14-19-9-10-29-17-30-19)20-6-4-8-25(21(20)16-35)34-12-11-33-24-7-3-2-5-18(24)13-26(33)28(34)37/h4,6,8-10,13,15,17,35H,2-3,5,7,11-12,14,16H2,1H3. The largest absolute Gasteiger partial charge is 0.392 e. The average Bonchev–Trinajstić information content (AvgIpc) is 3.31. The molecular formula is C28H28N6O3. The van der Waals surface area contributed by atoms with Crippen molar-refractivity contribution in [2.75, 3.05) is 11.4 Å². The number of amides is 1. The van der Waals surface area contributed by atoms with Crippen LogP contribution in [0.15, 0.2) is 53.8 Å². The van der Waals surface area contributed by atoms with Crippen LogP contribution in [0.3, 0.4) is 0 Å². The molecule has 1 N–H and O–H groups in total. The van der Waals surface area contributed by atoms with Crippen LogP contribution < -0.4 is 10.5 Å². The van der Waals surface area contributed by atoms with Gasteiger partial charge in [-0.3, -0.25) is 9.59 Å². The lowest BCUT2D eigenvalue weighted by atomic mass is 9.98. The molecule has 1 aliphatic carbocycles. The lowest BCUT2D eigenvalue weighted by Crippen LogP contribution is -2.41. The number of carbonyl (C=O) groups excluding carboxylic acids is 1. The van der Waals surface area contributed by atoms with Gasteiger partial charge in [0.05, 0.1) is 18.0 Å². The second-order valence-corrected chi connectivity index (χ2v) is 9.64. The second-order valence-electron chi connectivity index (χ2n) is 9.64. The Bertz CT molecular complexity index is 1560. The monoisotopic (exact) mass is 496 g/mol. The Kier molecular flexibility index (Phi) is 5.92. The first-order valence-corrected chi connectivity index (χ1v) is 12.6. The van der Waals surface area contributed by atoms with E-state index in [9.17, 15) is 14.7 Å². The van der Waals surface area contributed by atoms with Gasteiger partial charge in [-0.15, -0.1) is 0 Å². The predicted molar refractivity (Wildman–Crippen MR) is 138 cm³/mol. The van der Waals surface area contributed by atoms with Gasteiger partial charge in [-0.2, -0.15) is 0 Å². The summed E-state index contributed by atoms with van der Waals surface area (Å²) in [6, 6.07) is 9.41. The number of fused-ring (bicyclic) bond motifs is 3. The van der Waals surface area contributed by atoms with E-state index >= 15 is 0 Å². The molecule has 0 spiro atoms. The lowest BCUT2D eigenvalue weighted by molar-refractivity contribution is 0.0964. The van der Waals surface area contributed by atoms with Crippen LogP contribution >= 0.6 is 0 Å². The van der Waals surface area contributed by atoms with E-state index in [1.807, 2.05) is 18.2 Å². The van der Waals surface area contributed by atoms with Crippen LogP contribution in [0.25, 0.3) is 11.3 Å². The predicted octanol–water partition coefficient (Wildman–Crippen LogP) is 2.66. The van der Waals surface area contributed by atoms with Crippen molar-refractivity contribution in [3.8, 4) is 11.3 Å². The van der Waals surface area contributed by atoms with Gasteiger partial charge in [0.25, 0.3) is 11.5 Å². The second kappa shape index (κ2) is 9.40. The van der Waals surface area contributed by atoms with Gasteiger partial charge >= 0.3 is 0 Å². The minimum atomic E-state index is -0.265. The molecule has 9 nitrogen and oxygen atoms in total. The number of carbonyl (C=O) groups is 1. The normalized spacial score (nSPS) is 15.0. The van der Waals surface area contributed by atoms with Crippen molar-refractivity contribution in [1.29, 1.82) is 0 Å². The average molecular weight is 497 g/mol. The van der Waals surface area contributed by atoms with E-state index < -0.39 is 0 Å². The van der Waals surface area contributed by atoms with Crippen LogP contribution in [-0.4, -0.2) is 41.6 Å². The van der Waals surface area contributed by atoms with Crippen molar-refractivity contribution in [2.45, 2.75) is 45.3 Å². The van der Waals surface area contributed by atoms with Crippen molar-refractivity contribution in [3.05, 3.63) is 93.3 Å². The van der Waals surface area contributed by atoms with Crippen LogP contribution in [0, 0.1) is 0 Å². The number of rotatable bonds is 5. The summed E-state index contributed by atoms with van der Waals surface area (Å²) in [4.78, 5) is 41.1. The summed E-state index contributed by atoms with van der Waals surface area (Å²) < 4.78 is 3.68. The number of nitrogens with zero attached hydrogens (tertiary/aromatic N) is 6.